The predicted octanol–water partition coefficient (Wildman–Crippen LogP) is 5.11. The molecule has 3 aromatic rings. The number of halogens is 4. The molecule has 0 bridgehead atoms. The SMILES string of the molecule is CCNC(=O)[C@H](C)N(Cc1ccc(Cl)cc1)C(=O)CN(c1cccc(C(F)(F)F)c1)S(=O)(=O)c1ccccc1. The molecule has 0 aliphatic heterocycles. The number of rotatable bonds is 10. The molecular formula is C27H27ClF3N3O4S. The molecular weight excluding hydrogens is 555 g/mol. The molecule has 1 N–H and O–H groups in total. The number of nitrogens with one attached hydrogen (secondary N) is 1. The Labute approximate surface area is 230 Å². The molecule has 3 rings (SSSR count). The van der Waals surface area contributed by atoms with Gasteiger partial charge in [0.05, 0.1) is 16.1 Å². The first-order valence-electron chi connectivity index (χ1n) is 11.9. The summed E-state index contributed by atoms with van der Waals surface area (Å²) in [4.78, 5) is 27.3. The quantitative estimate of drug-likeness (QED) is 0.361. The van der Waals surface area contributed by atoms with Gasteiger partial charge in [0.1, 0.15) is 12.6 Å². The lowest BCUT2D eigenvalue weighted by Gasteiger charge is -2.32. The molecule has 0 heterocycles. The van der Waals surface area contributed by atoms with Crippen LogP contribution < -0.4 is 9.62 Å². The van der Waals surface area contributed by atoms with Crippen LogP contribution in [0.4, 0.5) is 18.9 Å². The molecule has 0 saturated heterocycles. The largest absolute Gasteiger partial charge is 0.416 e. The lowest BCUT2D eigenvalue weighted by Crippen LogP contribution is -2.51. The number of likely N-dealkylation sites (N-methyl/N-ethyl adjacent to an activating group) is 1. The van der Waals surface area contributed by atoms with E-state index in [1.54, 1.807) is 37.3 Å². The maximum absolute atomic E-state index is 13.7. The topological polar surface area (TPSA) is 86.8 Å². The number of anilines is 1. The summed E-state index contributed by atoms with van der Waals surface area (Å²) < 4.78 is 68.3. The van der Waals surface area contributed by atoms with E-state index in [9.17, 15) is 31.2 Å². The summed E-state index contributed by atoms with van der Waals surface area (Å²) in [6.07, 6.45) is -4.74. The van der Waals surface area contributed by atoms with Crippen LogP contribution in [0.3, 0.4) is 0 Å². The minimum Gasteiger partial charge on any atom is -0.355 e. The van der Waals surface area contributed by atoms with E-state index in [0.29, 0.717) is 27.5 Å². The molecule has 0 saturated carbocycles. The van der Waals surface area contributed by atoms with E-state index in [-0.39, 0.29) is 17.1 Å². The molecule has 2 amide bonds. The minimum atomic E-state index is -4.74. The molecule has 39 heavy (non-hydrogen) atoms. The molecule has 0 fully saturated rings. The van der Waals surface area contributed by atoms with E-state index in [2.05, 4.69) is 5.32 Å². The highest BCUT2D eigenvalue weighted by molar-refractivity contribution is 7.92. The summed E-state index contributed by atoms with van der Waals surface area (Å²) in [5.41, 5.74) is -0.811. The Balaban J connectivity index is 2.07. The van der Waals surface area contributed by atoms with Gasteiger partial charge in [0.15, 0.2) is 0 Å². The smallest absolute Gasteiger partial charge is 0.355 e. The van der Waals surface area contributed by atoms with Crippen LogP contribution >= 0.6 is 11.6 Å². The molecule has 12 heteroatoms. The van der Waals surface area contributed by atoms with Crippen molar-refractivity contribution in [3.8, 4) is 0 Å². The maximum Gasteiger partial charge on any atom is 0.416 e. The molecule has 0 unspecified atom stereocenters. The molecule has 1 atom stereocenters. The number of carbonyl (C=O) groups excluding carboxylic acids is 2. The van der Waals surface area contributed by atoms with Crippen LogP contribution in [-0.4, -0.2) is 44.3 Å². The van der Waals surface area contributed by atoms with Crippen LogP contribution in [0.2, 0.25) is 5.02 Å². The number of benzene rings is 3. The van der Waals surface area contributed by atoms with Crippen molar-refractivity contribution in [3.05, 3.63) is 95.0 Å². The number of nitrogens with zero attached hydrogens (tertiary/aromatic N) is 2. The number of hydrogen-bond acceptors (Lipinski definition) is 4. The first-order valence-corrected chi connectivity index (χ1v) is 13.7. The van der Waals surface area contributed by atoms with E-state index in [1.807, 2.05) is 0 Å². The van der Waals surface area contributed by atoms with Crippen molar-refractivity contribution < 1.29 is 31.2 Å². The first kappa shape index (κ1) is 30.0. The molecule has 0 radical (unpaired) electrons. The standard InChI is InChI=1S/C27H27ClF3N3O4S/c1-3-32-26(36)19(2)33(17-20-12-14-22(28)15-13-20)25(35)18-34(39(37,38)24-10-5-4-6-11-24)23-9-7-8-21(16-23)27(29,30)31/h4-16,19H,3,17-18H2,1-2H3,(H,32,36)/t19-/m0/s1. The second-order valence-electron chi connectivity index (χ2n) is 8.59. The fraction of sp³-hybridized carbons (Fsp3) is 0.259. The van der Waals surface area contributed by atoms with Gasteiger partial charge in [-0.15, -0.1) is 0 Å². The van der Waals surface area contributed by atoms with Gasteiger partial charge in [-0.05, 0) is 61.9 Å². The number of amides is 2. The second kappa shape index (κ2) is 12.5. The van der Waals surface area contributed by atoms with Crippen LogP contribution in [0, 0.1) is 0 Å². The van der Waals surface area contributed by atoms with Crippen molar-refractivity contribution in [2.45, 2.75) is 37.5 Å². The Kier molecular flexibility index (Phi) is 9.63. The second-order valence-corrected chi connectivity index (χ2v) is 10.9. The molecule has 3 aromatic carbocycles. The third kappa shape index (κ3) is 7.51. The van der Waals surface area contributed by atoms with Crippen molar-refractivity contribution in [3.63, 3.8) is 0 Å². The number of carbonyl (C=O) groups is 2. The zero-order valence-corrected chi connectivity index (χ0v) is 22.7. The monoisotopic (exact) mass is 581 g/mol. The van der Waals surface area contributed by atoms with Crippen molar-refractivity contribution in [1.82, 2.24) is 10.2 Å². The number of hydrogen-bond donors (Lipinski definition) is 1. The van der Waals surface area contributed by atoms with Crippen LogP contribution in [0.25, 0.3) is 0 Å². The Bertz CT molecular complexity index is 1400. The van der Waals surface area contributed by atoms with Crippen LogP contribution in [0.5, 0.6) is 0 Å². The van der Waals surface area contributed by atoms with Gasteiger partial charge in [0.25, 0.3) is 10.0 Å². The number of alkyl halides is 3. The van der Waals surface area contributed by atoms with Crippen LogP contribution in [-0.2, 0) is 32.3 Å². The van der Waals surface area contributed by atoms with Crippen LogP contribution in [0.15, 0.2) is 83.8 Å². The summed E-state index contributed by atoms with van der Waals surface area (Å²) in [7, 11) is -4.48. The van der Waals surface area contributed by atoms with Gasteiger partial charge in [0, 0.05) is 18.1 Å². The zero-order chi connectivity index (χ0) is 28.8. The van der Waals surface area contributed by atoms with Gasteiger partial charge < -0.3 is 10.2 Å². The lowest BCUT2D eigenvalue weighted by molar-refractivity contribution is -0.139. The average molecular weight is 582 g/mol. The van der Waals surface area contributed by atoms with Crippen molar-refractivity contribution >= 4 is 39.1 Å². The van der Waals surface area contributed by atoms with Gasteiger partial charge in [-0.1, -0.05) is 48.0 Å². The Morgan fingerprint density at radius 3 is 2.21 bits per heavy atom. The molecule has 7 nitrogen and oxygen atoms in total. The summed E-state index contributed by atoms with van der Waals surface area (Å²) in [5, 5.41) is 3.09. The third-order valence-corrected chi connectivity index (χ3v) is 7.90. The van der Waals surface area contributed by atoms with Crippen molar-refractivity contribution in [1.29, 1.82) is 0 Å². The minimum absolute atomic E-state index is 0.0733. The molecule has 0 aromatic heterocycles. The van der Waals surface area contributed by atoms with E-state index in [4.69, 9.17) is 11.6 Å². The molecule has 0 aliphatic carbocycles. The predicted molar refractivity (Wildman–Crippen MR) is 143 cm³/mol. The van der Waals surface area contributed by atoms with E-state index < -0.39 is 46.2 Å². The molecule has 0 aliphatic rings. The highest BCUT2D eigenvalue weighted by Gasteiger charge is 2.35. The van der Waals surface area contributed by atoms with Gasteiger partial charge in [-0.3, -0.25) is 13.9 Å². The van der Waals surface area contributed by atoms with Crippen molar-refractivity contribution in [2.24, 2.45) is 0 Å². The molecule has 208 valence electrons. The van der Waals surface area contributed by atoms with E-state index >= 15 is 0 Å². The highest BCUT2D eigenvalue weighted by atomic mass is 35.5. The van der Waals surface area contributed by atoms with Crippen LogP contribution in [0.1, 0.15) is 25.0 Å². The summed E-state index contributed by atoms with van der Waals surface area (Å²) in [6, 6.07) is 16.3. The fourth-order valence-corrected chi connectivity index (χ4v) is 5.33. The first-order chi connectivity index (χ1) is 18.3. The fourth-order valence-electron chi connectivity index (χ4n) is 3.78. The average Bonchev–Trinajstić information content (AvgIpc) is 2.91. The summed E-state index contributed by atoms with van der Waals surface area (Å²) in [6.45, 7) is 2.56. The Hall–Kier alpha value is -3.57. The van der Waals surface area contributed by atoms with Gasteiger partial charge in [-0.2, -0.15) is 13.2 Å². The zero-order valence-electron chi connectivity index (χ0n) is 21.2. The Morgan fingerprint density at radius 1 is 0.974 bits per heavy atom. The van der Waals surface area contributed by atoms with Gasteiger partial charge >= 0.3 is 6.18 Å². The lowest BCUT2D eigenvalue weighted by atomic mass is 10.1. The summed E-state index contributed by atoms with van der Waals surface area (Å²) >= 11 is 5.96. The van der Waals surface area contributed by atoms with Gasteiger partial charge in [-0.25, -0.2) is 8.42 Å². The normalized spacial score (nSPS) is 12.5. The highest BCUT2D eigenvalue weighted by Crippen LogP contribution is 2.33. The van der Waals surface area contributed by atoms with E-state index in [1.165, 1.54) is 42.2 Å². The van der Waals surface area contributed by atoms with Crippen molar-refractivity contribution in [2.75, 3.05) is 17.4 Å². The number of sulfonamides is 1. The van der Waals surface area contributed by atoms with E-state index in [0.717, 1.165) is 12.1 Å². The third-order valence-electron chi connectivity index (χ3n) is 5.86. The Morgan fingerprint density at radius 2 is 1.62 bits per heavy atom. The summed E-state index contributed by atoms with van der Waals surface area (Å²) in [5.74, 6) is -1.27. The maximum atomic E-state index is 13.7. The molecule has 0 spiro atoms. The van der Waals surface area contributed by atoms with Gasteiger partial charge in [0.2, 0.25) is 11.8 Å².